The first-order valence-electron chi connectivity index (χ1n) is 4.25. The number of ether oxygens (including phenoxy) is 2. The van der Waals surface area contributed by atoms with E-state index >= 15 is 0 Å². The highest BCUT2D eigenvalue weighted by Gasteiger charge is 2.37. The Hall–Kier alpha value is -0.0300. The molecule has 0 radical (unpaired) electrons. The summed E-state index contributed by atoms with van der Waals surface area (Å²) in [6.45, 7) is 1.27. The summed E-state index contributed by atoms with van der Waals surface area (Å²) in [7, 11) is 0. The van der Waals surface area contributed by atoms with Crippen molar-refractivity contribution in [2.24, 2.45) is 0 Å². The summed E-state index contributed by atoms with van der Waals surface area (Å²) in [5, 5.41) is 9.07. The minimum atomic E-state index is -1.14. The SMILES string of the molecule is CC(=O)OC1CC(Cl)C(CCl)OC1O. The van der Waals surface area contributed by atoms with Gasteiger partial charge < -0.3 is 14.6 Å². The van der Waals surface area contributed by atoms with E-state index in [1.807, 2.05) is 0 Å². The quantitative estimate of drug-likeness (QED) is 0.577. The number of esters is 1. The van der Waals surface area contributed by atoms with Crippen LogP contribution in [0.15, 0.2) is 0 Å². The van der Waals surface area contributed by atoms with Crippen LogP contribution in [0.2, 0.25) is 0 Å². The molecular formula is C8H12Cl2O4. The number of carbonyl (C=O) groups is 1. The average molecular weight is 243 g/mol. The number of aliphatic hydroxyl groups is 1. The maximum atomic E-state index is 10.7. The van der Waals surface area contributed by atoms with Crippen LogP contribution in [0.1, 0.15) is 13.3 Å². The van der Waals surface area contributed by atoms with E-state index < -0.39 is 24.5 Å². The lowest BCUT2D eigenvalue weighted by molar-refractivity contribution is -0.221. The second-order valence-corrected chi connectivity index (χ2v) is 3.99. The third kappa shape index (κ3) is 2.98. The lowest BCUT2D eigenvalue weighted by Crippen LogP contribution is -2.47. The van der Waals surface area contributed by atoms with Gasteiger partial charge in [-0.15, -0.1) is 23.2 Å². The first kappa shape index (κ1) is 12.0. The van der Waals surface area contributed by atoms with Crippen molar-refractivity contribution < 1.29 is 19.4 Å². The van der Waals surface area contributed by atoms with Gasteiger partial charge in [0, 0.05) is 13.3 Å². The summed E-state index contributed by atoms with van der Waals surface area (Å²) < 4.78 is 9.90. The molecule has 1 fully saturated rings. The summed E-state index contributed by atoms with van der Waals surface area (Å²) in [6, 6.07) is 0. The van der Waals surface area contributed by atoms with Crippen LogP contribution >= 0.6 is 23.2 Å². The molecule has 4 unspecified atom stereocenters. The van der Waals surface area contributed by atoms with Gasteiger partial charge in [0.15, 0.2) is 12.4 Å². The molecule has 0 aromatic heterocycles. The Morgan fingerprint density at radius 3 is 2.86 bits per heavy atom. The number of halogens is 2. The van der Waals surface area contributed by atoms with Gasteiger partial charge in [-0.3, -0.25) is 4.79 Å². The fraction of sp³-hybridized carbons (Fsp3) is 0.875. The molecule has 82 valence electrons. The molecule has 1 aliphatic rings. The van der Waals surface area contributed by atoms with Crippen LogP contribution in [0.5, 0.6) is 0 Å². The van der Waals surface area contributed by atoms with E-state index in [0.29, 0.717) is 6.42 Å². The Labute approximate surface area is 92.1 Å². The van der Waals surface area contributed by atoms with Crippen LogP contribution in [0.25, 0.3) is 0 Å². The molecule has 1 aliphatic heterocycles. The highest BCUT2D eigenvalue weighted by Crippen LogP contribution is 2.26. The van der Waals surface area contributed by atoms with Crippen LogP contribution in [-0.2, 0) is 14.3 Å². The number of carbonyl (C=O) groups excluding carboxylic acids is 1. The van der Waals surface area contributed by atoms with Crippen LogP contribution < -0.4 is 0 Å². The lowest BCUT2D eigenvalue weighted by atomic mass is 10.1. The molecule has 0 amide bonds. The lowest BCUT2D eigenvalue weighted by Gasteiger charge is -2.35. The zero-order valence-corrected chi connectivity index (χ0v) is 9.16. The van der Waals surface area contributed by atoms with Gasteiger partial charge in [0.25, 0.3) is 0 Å². The number of aliphatic hydroxyl groups excluding tert-OH is 1. The van der Waals surface area contributed by atoms with Crippen LogP contribution in [0.4, 0.5) is 0 Å². The Bertz CT molecular complexity index is 212. The monoisotopic (exact) mass is 242 g/mol. The van der Waals surface area contributed by atoms with Crippen LogP contribution in [-0.4, -0.2) is 40.8 Å². The number of alkyl halides is 2. The van der Waals surface area contributed by atoms with E-state index in [1.165, 1.54) is 6.92 Å². The molecule has 0 spiro atoms. The highest BCUT2D eigenvalue weighted by molar-refractivity contribution is 6.23. The second-order valence-electron chi connectivity index (χ2n) is 3.12. The number of hydrogen-bond donors (Lipinski definition) is 1. The van der Waals surface area contributed by atoms with Crippen molar-refractivity contribution in [2.45, 2.75) is 37.2 Å². The largest absolute Gasteiger partial charge is 0.457 e. The summed E-state index contributed by atoms with van der Waals surface area (Å²) in [5.41, 5.74) is 0. The summed E-state index contributed by atoms with van der Waals surface area (Å²) in [5.74, 6) is -0.260. The van der Waals surface area contributed by atoms with Gasteiger partial charge in [0.2, 0.25) is 0 Å². The molecule has 14 heavy (non-hydrogen) atoms. The molecule has 1 N–H and O–H groups in total. The van der Waals surface area contributed by atoms with Crippen molar-refractivity contribution in [1.82, 2.24) is 0 Å². The predicted molar refractivity (Wildman–Crippen MR) is 51.4 cm³/mol. The maximum Gasteiger partial charge on any atom is 0.303 e. The van der Waals surface area contributed by atoms with E-state index in [4.69, 9.17) is 32.7 Å². The Kier molecular flexibility index (Phi) is 4.44. The molecule has 6 heteroatoms. The molecule has 1 heterocycles. The van der Waals surface area contributed by atoms with Gasteiger partial charge in [0.1, 0.15) is 0 Å². The number of rotatable bonds is 2. The van der Waals surface area contributed by atoms with E-state index in [0.717, 1.165) is 0 Å². The van der Waals surface area contributed by atoms with Gasteiger partial charge in [0.05, 0.1) is 17.4 Å². The third-order valence-electron chi connectivity index (χ3n) is 1.96. The highest BCUT2D eigenvalue weighted by atomic mass is 35.5. The number of hydrogen-bond acceptors (Lipinski definition) is 4. The van der Waals surface area contributed by atoms with Gasteiger partial charge in [-0.2, -0.15) is 0 Å². The van der Waals surface area contributed by atoms with Gasteiger partial charge >= 0.3 is 5.97 Å². The van der Waals surface area contributed by atoms with Gasteiger partial charge in [-0.05, 0) is 0 Å². The van der Waals surface area contributed by atoms with Crippen molar-refractivity contribution in [3.05, 3.63) is 0 Å². The Morgan fingerprint density at radius 2 is 2.36 bits per heavy atom. The van der Waals surface area contributed by atoms with Crippen LogP contribution in [0, 0.1) is 0 Å². The second kappa shape index (κ2) is 5.16. The Balaban J connectivity index is 2.52. The van der Waals surface area contributed by atoms with Gasteiger partial charge in [-0.25, -0.2) is 0 Å². The van der Waals surface area contributed by atoms with Crippen molar-refractivity contribution in [1.29, 1.82) is 0 Å². The van der Waals surface area contributed by atoms with Crippen molar-refractivity contribution in [3.63, 3.8) is 0 Å². The predicted octanol–water partition coefficient (Wildman–Crippen LogP) is 0.872. The van der Waals surface area contributed by atoms with Crippen molar-refractivity contribution in [3.8, 4) is 0 Å². The van der Waals surface area contributed by atoms with E-state index in [1.54, 1.807) is 0 Å². The summed E-state index contributed by atoms with van der Waals surface area (Å²) in [4.78, 5) is 10.7. The van der Waals surface area contributed by atoms with Crippen molar-refractivity contribution >= 4 is 29.2 Å². The minimum absolute atomic E-state index is 0.206. The Morgan fingerprint density at radius 1 is 1.71 bits per heavy atom. The molecule has 0 bridgehead atoms. The van der Waals surface area contributed by atoms with E-state index in [2.05, 4.69) is 0 Å². The molecule has 0 saturated carbocycles. The third-order valence-corrected chi connectivity index (χ3v) is 2.73. The van der Waals surface area contributed by atoms with E-state index in [-0.39, 0.29) is 11.3 Å². The summed E-state index contributed by atoms with van der Waals surface area (Å²) >= 11 is 11.5. The van der Waals surface area contributed by atoms with Gasteiger partial charge in [-0.1, -0.05) is 0 Å². The topological polar surface area (TPSA) is 55.8 Å². The summed E-state index contributed by atoms with van der Waals surface area (Å²) in [6.07, 6.45) is -1.90. The molecule has 4 atom stereocenters. The normalized spacial score (nSPS) is 38.0. The first-order chi connectivity index (χ1) is 6.54. The zero-order chi connectivity index (χ0) is 10.7. The molecule has 1 rings (SSSR count). The minimum Gasteiger partial charge on any atom is -0.457 e. The van der Waals surface area contributed by atoms with E-state index in [9.17, 15) is 9.90 Å². The molecule has 0 aromatic carbocycles. The molecular weight excluding hydrogens is 231 g/mol. The average Bonchev–Trinajstić information content (AvgIpc) is 2.10. The molecule has 0 aliphatic carbocycles. The fourth-order valence-electron chi connectivity index (χ4n) is 1.29. The standard InChI is InChI=1S/C8H12Cl2O4/c1-4(11)13-6-2-5(10)7(3-9)14-8(6)12/h5-8,12H,2-3H2,1H3. The van der Waals surface area contributed by atoms with Crippen molar-refractivity contribution in [2.75, 3.05) is 5.88 Å². The maximum absolute atomic E-state index is 10.7. The zero-order valence-electron chi connectivity index (χ0n) is 7.65. The van der Waals surface area contributed by atoms with Crippen LogP contribution in [0.3, 0.4) is 0 Å². The fourth-order valence-corrected chi connectivity index (χ4v) is 2.00. The molecule has 0 aromatic rings. The molecule has 4 nitrogen and oxygen atoms in total. The smallest absolute Gasteiger partial charge is 0.303 e. The first-order valence-corrected chi connectivity index (χ1v) is 5.22. The molecule has 1 saturated heterocycles.